The third kappa shape index (κ3) is 3.26. The summed E-state index contributed by atoms with van der Waals surface area (Å²) in [7, 11) is 0. The Labute approximate surface area is 158 Å². The van der Waals surface area contributed by atoms with Gasteiger partial charge in [-0.25, -0.2) is 0 Å². The van der Waals surface area contributed by atoms with Crippen LogP contribution in [0.3, 0.4) is 0 Å². The topological polar surface area (TPSA) is 90.5 Å². The van der Waals surface area contributed by atoms with Crippen molar-refractivity contribution in [2.24, 2.45) is 5.41 Å². The van der Waals surface area contributed by atoms with Gasteiger partial charge >= 0.3 is 0 Å². The van der Waals surface area contributed by atoms with E-state index in [0.29, 0.717) is 36.5 Å². The fourth-order valence-corrected chi connectivity index (χ4v) is 4.19. The molecule has 1 aromatic rings. The molecule has 3 amide bonds. The van der Waals surface area contributed by atoms with Crippen LogP contribution < -0.4 is 16.0 Å². The Morgan fingerprint density at radius 1 is 1.26 bits per heavy atom. The van der Waals surface area contributed by atoms with Crippen LogP contribution in [0.15, 0.2) is 18.2 Å². The quantitative estimate of drug-likeness (QED) is 0.658. The number of carbonyl (C=O) groups excluding carboxylic acids is 3. The molecule has 0 aliphatic carbocycles. The van der Waals surface area contributed by atoms with Crippen LogP contribution in [0.5, 0.6) is 0 Å². The predicted octanol–water partition coefficient (Wildman–Crippen LogP) is 0.535. The van der Waals surface area contributed by atoms with Crippen molar-refractivity contribution in [3.05, 3.63) is 34.9 Å². The first-order valence-corrected chi connectivity index (χ1v) is 9.56. The van der Waals surface area contributed by atoms with Crippen LogP contribution in [0.2, 0.25) is 0 Å². The summed E-state index contributed by atoms with van der Waals surface area (Å²) < 4.78 is 0. The van der Waals surface area contributed by atoms with Crippen molar-refractivity contribution >= 4 is 17.7 Å². The molecule has 2 saturated heterocycles. The maximum absolute atomic E-state index is 13.0. The van der Waals surface area contributed by atoms with Gasteiger partial charge in [0.1, 0.15) is 6.04 Å². The zero-order valence-corrected chi connectivity index (χ0v) is 15.8. The molecule has 0 saturated carbocycles. The van der Waals surface area contributed by atoms with E-state index in [1.807, 2.05) is 18.2 Å². The summed E-state index contributed by atoms with van der Waals surface area (Å²) >= 11 is 0. The summed E-state index contributed by atoms with van der Waals surface area (Å²) in [6, 6.07) is 5.74. The van der Waals surface area contributed by atoms with Crippen molar-refractivity contribution in [1.82, 2.24) is 20.9 Å². The maximum Gasteiger partial charge on any atom is 0.255 e. The number of benzene rings is 1. The summed E-state index contributed by atoms with van der Waals surface area (Å²) in [4.78, 5) is 38.2. The fraction of sp³-hybridized carbons (Fsp3) is 0.550. The first-order chi connectivity index (χ1) is 12.9. The molecule has 4 rings (SSSR count). The normalized spacial score (nSPS) is 26.6. The van der Waals surface area contributed by atoms with Gasteiger partial charge in [0.2, 0.25) is 11.8 Å². The van der Waals surface area contributed by atoms with Gasteiger partial charge in [0.15, 0.2) is 0 Å². The second-order valence-electron chi connectivity index (χ2n) is 8.40. The highest BCUT2D eigenvalue weighted by Crippen LogP contribution is 2.30. The van der Waals surface area contributed by atoms with E-state index in [1.165, 1.54) is 0 Å². The average Bonchev–Trinajstić information content (AvgIpc) is 2.95. The van der Waals surface area contributed by atoms with Crippen LogP contribution in [0.1, 0.15) is 48.2 Å². The first kappa shape index (κ1) is 18.1. The highest BCUT2D eigenvalue weighted by Gasteiger charge is 2.40. The minimum atomic E-state index is -0.566. The summed E-state index contributed by atoms with van der Waals surface area (Å²) in [5.41, 5.74) is 2.91. The number of rotatable bonds is 5. The Hall–Kier alpha value is -2.25. The van der Waals surface area contributed by atoms with E-state index in [0.717, 1.165) is 24.2 Å². The van der Waals surface area contributed by atoms with E-state index in [1.54, 1.807) is 4.90 Å². The van der Waals surface area contributed by atoms with Crippen LogP contribution in [-0.4, -0.2) is 47.8 Å². The predicted molar refractivity (Wildman–Crippen MR) is 99.8 cm³/mol. The van der Waals surface area contributed by atoms with Gasteiger partial charge < -0.3 is 15.5 Å². The lowest BCUT2D eigenvalue weighted by Crippen LogP contribution is -2.63. The minimum Gasteiger partial charge on any atom is -0.322 e. The molecule has 2 unspecified atom stereocenters. The van der Waals surface area contributed by atoms with Gasteiger partial charge in [-0.15, -0.1) is 0 Å². The molecule has 3 heterocycles. The Morgan fingerprint density at radius 3 is 2.74 bits per heavy atom. The number of hydrogen-bond donors (Lipinski definition) is 3. The molecule has 2 fully saturated rings. The lowest BCUT2D eigenvalue weighted by molar-refractivity contribution is -0.136. The van der Waals surface area contributed by atoms with Gasteiger partial charge in [0.25, 0.3) is 5.91 Å². The first-order valence-electron chi connectivity index (χ1n) is 9.56. The fourth-order valence-electron chi connectivity index (χ4n) is 4.19. The summed E-state index contributed by atoms with van der Waals surface area (Å²) in [5, 5.41) is 9.24. The van der Waals surface area contributed by atoms with E-state index in [9.17, 15) is 14.4 Å². The van der Waals surface area contributed by atoms with E-state index >= 15 is 0 Å². The van der Waals surface area contributed by atoms with Crippen molar-refractivity contribution in [3.63, 3.8) is 0 Å². The Morgan fingerprint density at radius 2 is 2.07 bits per heavy atom. The molecule has 0 bridgehead atoms. The van der Waals surface area contributed by atoms with Crippen molar-refractivity contribution < 1.29 is 14.4 Å². The zero-order valence-electron chi connectivity index (χ0n) is 15.8. The van der Waals surface area contributed by atoms with Crippen molar-refractivity contribution in [3.8, 4) is 0 Å². The summed E-state index contributed by atoms with van der Waals surface area (Å²) in [6.45, 7) is 7.41. The van der Waals surface area contributed by atoms with Crippen molar-refractivity contribution in [1.29, 1.82) is 0 Å². The van der Waals surface area contributed by atoms with Gasteiger partial charge in [0, 0.05) is 44.2 Å². The summed E-state index contributed by atoms with van der Waals surface area (Å²) in [6.07, 6.45) is 0.662. The molecule has 0 spiro atoms. The molecule has 7 heteroatoms. The number of hydrogen-bond acceptors (Lipinski definition) is 5. The highest BCUT2D eigenvalue weighted by molar-refractivity contribution is 6.05. The minimum absolute atomic E-state index is 0.112. The maximum atomic E-state index is 13.0. The Kier molecular flexibility index (Phi) is 4.52. The molecule has 144 valence electrons. The molecule has 3 N–H and O–H groups in total. The van der Waals surface area contributed by atoms with Gasteiger partial charge in [-0.2, -0.15) is 0 Å². The standard InChI is InChI=1S/C20H26N4O3/c1-20(2)11-22-15(20)9-21-8-12-4-3-5-13-10-24(19(27)17(12)13)14-6-7-16(25)23-18(14)26/h3-5,14-15,21-22H,6-11H2,1-2H3,(H,23,25,26). The molecule has 0 aromatic heterocycles. The van der Waals surface area contributed by atoms with Gasteiger partial charge in [0.05, 0.1) is 0 Å². The van der Waals surface area contributed by atoms with Gasteiger partial charge in [-0.1, -0.05) is 32.0 Å². The second-order valence-corrected chi connectivity index (χ2v) is 8.40. The number of nitrogens with one attached hydrogen (secondary N) is 3. The largest absolute Gasteiger partial charge is 0.322 e. The average molecular weight is 370 g/mol. The van der Waals surface area contributed by atoms with Crippen LogP contribution >= 0.6 is 0 Å². The van der Waals surface area contributed by atoms with Crippen LogP contribution in [0.4, 0.5) is 0 Å². The summed E-state index contributed by atoms with van der Waals surface area (Å²) in [5.74, 6) is -0.748. The SMILES string of the molecule is CC1(C)CNC1CNCc1cccc2c1C(=O)N(C1CCC(=O)NC1=O)C2. The highest BCUT2D eigenvalue weighted by atomic mass is 16.2. The molecule has 3 aliphatic heterocycles. The lowest BCUT2D eigenvalue weighted by Gasteiger charge is -2.46. The number of nitrogens with zero attached hydrogens (tertiary/aromatic N) is 1. The molecule has 1 aromatic carbocycles. The van der Waals surface area contributed by atoms with E-state index in [2.05, 4.69) is 29.8 Å². The van der Waals surface area contributed by atoms with Crippen molar-refractivity contribution in [2.45, 2.75) is 51.9 Å². The van der Waals surface area contributed by atoms with E-state index < -0.39 is 6.04 Å². The molecule has 3 aliphatic rings. The van der Waals surface area contributed by atoms with Crippen LogP contribution in [0, 0.1) is 5.41 Å². The molecular weight excluding hydrogens is 344 g/mol. The van der Waals surface area contributed by atoms with Crippen molar-refractivity contribution in [2.75, 3.05) is 13.1 Å². The number of imide groups is 1. The molecule has 0 radical (unpaired) electrons. The van der Waals surface area contributed by atoms with E-state index in [-0.39, 0.29) is 24.1 Å². The third-order valence-corrected chi connectivity index (χ3v) is 6.05. The van der Waals surface area contributed by atoms with Gasteiger partial charge in [-0.05, 0) is 23.0 Å². The number of amides is 3. The number of fused-ring (bicyclic) bond motifs is 1. The van der Waals surface area contributed by atoms with Gasteiger partial charge in [-0.3, -0.25) is 19.7 Å². The zero-order chi connectivity index (χ0) is 19.2. The van der Waals surface area contributed by atoms with Crippen LogP contribution in [-0.2, 0) is 22.7 Å². The number of piperidine rings is 1. The number of carbonyl (C=O) groups is 3. The molecule has 7 nitrogen and oxygen atoms in total. The lowest BCUT2D eigenvalue weighted by atomic mass is 9.77. The Bertz CT molecular complexity index is 804. The Balaban J connectivity index is 1.45. The molecule has 27 heavy (non-hydrogen) atoms. The monoisotopic (exact) mass is 370 g/mol. The smallest absolute Gasteiger partial charge is 0.255 e. The van der Waals surface area contributed by atoms with E-state index in [4.69, 9.17) is 0 Å². The van der Waals surface area contributed by atoms with Crippen LogP contribution in [0.25, 0.3) is 0 Å². The second kappa shape index (κ2) is 6.73. The third-order valence-electron chi connectivity index (χ3n) is 6.05. The molecule has 2 atom stereocenters. The molecular formula is C20H26N4O3.